The molecule has 0 saturated carbocycles. The summed E-state index contributed by atoms with van der Waals surface area (Å²) in [5.74, 6) is 1.37. The Morgan fingerprint density at radius 3 is 2.57 bits per heavy atom. The largest absolute Gasteiger partial charge is 0.493 e. The first-order valence-corrected chi connectivity index (χ1v) is 8.16. The molecule has 0 unspecified atom stereocenters. The molecule has 4 nitrogen and oxygen atoms in total. The number of benzene rings is 2. The molecular weight excluding hydrogens is 332 g/mol. The van der Waals surface area contributed by atoms with Crippen LogP contribution in [0, 0.1) is 0 Å². The Morgan fingerprint density at radius 1 is 1.04 bits per heavy atom. The van der Waals surface area contributed by atoms with Crippen LogP contribution in [-0.2, 0) is 0 Å². The number of rotatable bonds is 5. The minimum absolute atomic E-state index is 0.662. The zero-order valence-electron chi connectivity index (χ0n) is 12.7. The number of halogens is 1. The number of nitrogens with one attached hydrogen (secondary N) is 1. The summed E-state index contributed by atoms with van der Waals surface area (Å²) in [4.78, 5) is 4.60. The van der Waals surface area contributed by atoms with Crippen molar-refractivity contribution in [2.45, 2.75) is 0 Å². The first-order chi connectivity index (χ1) is 11.2. The summed E-state index contributed by atoms with van der Waals surface area (Å²) >= 11 is 7.67. The number of hydrogen-bond donors (Lipinski definition) is 1. The van der Waals surface area contributed by atoms with Crippen LogP contribution in [0.25, 0.3) is 11.3 Å². The first kappa shape index (κ1) is 15.6. The van der Waals surface area contributed by atoms with Crippen LogP contribution in [0.4, 0.5) is 10.8 Å². The maximum Gasteiger partial charge on any atom is 0.187 e. The molecule has 0 aliphatic carbocycles. The number of ether oxygens (including phenoxy) is 2. The number of nitrogens with zero attached hydrogens (tertiary/aromatic N) is 1. The van der Waals surface area contributed by atoms with Crippen LogP contribution in [0.15, 0.2) is 47.8 Å². The van der Waals surface area contributed by atoms with Gasteiger partial charge in [0, 0.05) is 10.9 Å². The van der Waals surface area contributed by atoms with Crippen LogP contribution >= 0.6 is 22.9 Å². The summed E-state index contributed by atoms with van der Waals surface area (Å²) in [6.45, 7) is 0. The van der Waals surface area contributed by atoms with E-state index < -0.39 is 0 Å². The second kappa shape index (κ2) is 6.89. The Hall–Kier alpha value is -2.24. The van der Waals surface area contributed by atoms with Crippen LogP contribution in [0.3, 0.4) is 0 Å². The lowest BCUT2D eigenvalue weighted by Crippen LogP contribution is -1.92. The number of anilines is 2. The van der Waals surface area contributed by atoms with Crippen molar-refractivity contribution in [1.29, 1.82) is 0 Å². The van der Waals surface area contributed by atoms with Gasteiger partial charge in [0.05, 0.1) is 30.6 Å². The topological polar surface area (TPSA) is 43.4 Å². The van der Waals surface area contributed by atoms with E-state index in [0.717, 1.165) is 22.1 Å². The van der Waals surface area contributed by atoms with E-state index >= 15 is 0 Å². The minimum Gasteiger partial charge on any atom is -0.493 e. The van der Waals surface area contributed by atoms with Gasteiger partial charge < -0.3 is 14.8 Å². The summed E-state index contributed by atoms with van der Waals surface area (Å²) < 4.78 is 10.6. The lowest BCUT2D eigenvalue weighted by atomic mass is 10.1. The third kappa shape index (κ3) is 3.41. The average Bonchev–Trinajstić information content (AvgIpc) is 3.05. The van der Waals surface area contributed by atoms with Crippen molar-refractivity contribution in [2.24, 2.45) is 0 Å². The normalized spacial score (nSPS) is 10.4. The van der Waals surface area contributed by atoms with Gasteiger partial charge in [-0.1, -0.05) is 23.7 Å². The molecule has 1 heterocycles. The van der Waals surface area contributed by atoms with E-state index in [1.807, 2.05) is 47.8 Å². The quantitative estimate of drug-likeness (QED) is 0.687. The van der Waals surface area contributed by atoms with Crippen LogP contribution in [0.5, 0.6) is 11.5 Å². The van der Waals surface area contributed by atoms with Gasteiger partial charge in [0.2, 0.25) is 0 Å². The molecule has 0 radical (unpaired) electrons. The molecule has 0 aliphatic heterocycles. The van der Waals surface area contributed by atoms with E-state index in [1.54, 1.807) is 14.2 Å². The van der Waals surface area contributed by atoms with Crippen LogP contribution < -0.4 is 14.8 Å². The Bertz CT molecular complexity index is 820. The number of hydrogen-bond acceptors (Lipinski definition) is 5. The molecule has 6 heteroatoms. The van der Waals surface area contributed by atoms with E-state index in [9.17, 15) is 0 Å². The van der Waals surface area contributed by atoms with Gasteiger partial charge in [-0.25, -0.2) is 4.98 Å². The third-order valence-electron chi connectivity index (χ3n) is 3.30. The van der Waals surface area contributed by atoms with Gasteiger partial charge in [-0.15, -0.1) is 11.3 Å². The Morgan fingerprint density at radius 2 is 1.83 bits per heavy atom. The third-order valence-corrected chi connectivity index (χ3v) is 4.39. The lowest BCUT2D eigenvalue weighted by Gasteiger charge is -2.08. The molecule has 2 aromatic carbocycles. The summed E-state index contributed by atoms with van der Waals surface area (Å²) in [6, 6.07) is 13.3. The predicted octanol–water partition coefficient (Wildman–Crippen LogP) is 5.22. The first-order valence-electron chi connectivity index (χ1n) is 6.90. The maximum atomic E-state index is 6.15. The van der Waals surface area contributed by atoms with Crippen LogP contribution in [-0.4, -0.2) is 19.2 Å². The Balaban J connectivity index is 1.86. The second-order valence-electron chi connectivity index (χ2n) is 4.71. The summed E-state index contributed by atoms with van der Waals surface area (Å²) in [6.07, 6.45) is 0. The van der Waals surface area contributed by atoms with Gasteiger partial charge in [0.15, 0.2) is 16.6 Å². The summed E-state index contributed by atoms with van der Waals surface area (Å²) in [5, 5.41) is 6.66. The average molecular weight is 347 g/mol. The van der Waals surface area contributed by atoms with Gasteiger partial charge >= 0.3 is 0 Å². The second-order valence-corrected chi connectivity index (χ2v) is 5.98. The smallest absolute Gasteiger partial charge is 0.187 e. The van der Waals surface area contributed by atoms with Gasteiger partial charge in [-0.05, 0) is 30.3 Å². The van der Waals surface area contributed by atoms with Gasteiger partial charge in [0.1, 0.15) is 0 Å². The van der Waals surface area contributed by atoms with Crippen molar-refractivity contribution in [3.05, 3.63) is 52.9 Å². The molecule has 1 N–H and O–H groups in total. The molecule has 0 saturated heterocycles. The zero-order chi connectivity index (χ0) is 16.2. The number of para-hydroxylation sites is 1. The molecular formula is C17H15ClN2O2S. The van der Waals surface area contributed by atoms with E-state index in [0.29, 0.717) is 16.5 Å². The van der Waals surface area contributed by atoms with Gasteiger partial charge in [0.25, 0.3) is 0 Å². The SMILES string of the molecule is COc1ccc(-c2csc(Nc3ccccc3Cl)n2)cc1OC. The van der Waals surface area contributed by atoms with Crippen molar-refractivity contribution >= 4 is 33.8 Å². The van der Waals surface area contributed by atoms with Crippen molar-refractivity contribution in [1.82, 2.24) is 4.98 Å². The highest BCUT2D eigenvalue weighted by molar-refractivity contribution is 7.14. The summed E-state index contributed by atoms with van der Waals surface area (Å²) in [5.41, 5.74) is 2.67. The van der Waals surface area contributed by atoms with Crippen molar-refractivity contribution in [3.8, 4) is 22.8 Å². The fourth-order valence-electron chi connectivity index (χ4n) is 2.14. The van der Waals surface area contributed by atoms with Gasteiger partial charge in [-0.3, -0.25) is 0 Å². The molecule has 3 aromatic rings. The molecule has 3 rings (SSSR count). The molecule has 0 aliphatic rings. The van der Waals surface area contributed by atoms with Crippen molar-refractivity contribution < 1.29 is 9.47 Å². The standard InChI is InChI=1S/C17H15ClN2O2S/c1-21-15-8-7-11(9-16(15)22-2)14-10-23-17(20-14)19-13-6-4-3-5-12(13)18/h3-10H,1-2H3,(H,19,20). The number of aromatic nitrogens is 1. The van der Waals surface area contributed by atoms with Gasteiger partial charge in [-0.2, -0.15) is 0 Å². The predicted molar refractivity (Wildman–Crippen MR) is 95.4 cm³/mol. The van der Waals surface area contributed by atoms with Crippen LogP contribution in [0.1, 0.15) is 0 Å². The van der Waals surface area contributed by atoms with E-state index in [2.05, 4.69) is 10.3 Å². The number of methoxy groups -OCH3 is 2. The highest BCUT2D eigenvalue weighted by atomic mass is 35.5. The van der Waals surface area contributed by atoms with E-state index in [4.69, 9.17) is 21.1 Å². The summed E-state index contributed by atoms with van der Waals surface area (Å²) in [7, 11) is 3.24. The van der Waals surface area contributed by atoms with Crippen molar-refractivity contribution in [2.75, 3.05) is 19.5 Å². The Kier molecular flexibility index (Phi) is 4.69. The molecule has 0 bridgehead atoms. The monoisotopic (exact) mass is 346 g/mol. The van der Waals surface area contributed by atoms with E-state index in [-0.39, 0.29) is 0 Å². The molecule has 0 amide bonds. The molecule has 0 spiro atoms. The fraction of sp³-hybridized carbons (Fsp3) is 0.118. The Labute approximate surface area is 143 Å². The van der Waals surface area contributed by atoms with Crippen molar-refractivity contribution in [3.63, 3.8) is 0 Å². The van der Waals surface area contributed by atoms with Crippen LogP contribution in [0.2, 0.25) is 5.02 Å². The zero-order valence-corrected chi connectivity index (χ0v) is 14.2. The number of thiazole rings is 1. The molecule has 0 atom stereocenters. The minimum atomic E-state index is 0.662. The molecule has 23 heavy (non-hydrogen) atoms. The molecule has 118 valence electrons. The fourth-order valence-corrected chi connectivity index (χ4v) is 3.05. The maximum absolute atomic E-state index is 6.15. The van der Waals surface area contributed by atoms with E-state index in [1.165, 1.54) is 11.3 Å². The molecule has 0 fully saturated rings. The molecule has 1 aromatic heterocycles. The highest BCUT2D eigenvalue weighted by Crippen LogP contribution is 2.34. The lowest BCUT2D eigenvalue weighted by molar-refractivity contribution is 0.355. The highest BCUT2D eigenvalue weighted by Gasteiger charge is 2.10.